The molecule has 54 valence electrons. The first-order valence-electron chi connectivity index (χ1n) is 2.91. The van der Waals surface area contributed by atoms with Gasteiger partial charge in [-0.3, -0.25) is 0 Å². The molecule has 1 aromatic rings. The van der Waals surface area contributed by atoms with Crippen LogP contribution in [0.3, 0.4) is 0 Å². The van der Waals surface area contributed by atoms with E-state index in [-0.39, 0.29) is 12.4 Å². The van der Waals surface area contributed by atoms with Crippen LogP contribution in [0.4, 0.5) is 0 Å². The molecule has 0 aliphatic heterocycles. The molecule has 0 N–H and O–H groups in total. The van der Waals surface area contributed by atoms with Crippen molar-refractivity contribution >= 4 is 6.08 Å². The third-order valence-corrected chi connectivity index (χ3v) is 1.30. The Morgan fingerprint density at radius 1 is 1.50 bits per heavy atom. The zero-order valence-corrected chi connectivity index (χ0v) is 6.67. The Labute approximate surface area is 67.4 Å². The Kier molecular flexibility index (Phi) is 3.74. The number of rotatable bonds is 1. The Balaban J connectivity index is 0.000000810. The van der Waals surface area contributed by atoms with Crippen LogP contribution >= 0.6 is 0 Å². The second kappa shape index (κ2) is 4.07. The van der Waals surface area contributed by atoms with Crippen molar-refractivity contribution in [3.8, 4) is 0 Å². The zero-order valence-electron chi connectivity index (χ0n) is 5.92. The van der Waals surface area contributed by atoms with Crippen LogP contribution in [-0.4, -0.2) is 0 Å². The van der Waals surface area contributed by atoms with Crippen LogP contribution in [0.25, 0.3) is 6.08 Å². The summed E-state index contributed by atoms with van der Waals surface area (Å²) in [5.41, 5.74) is 1.14. The second-order valence-electron chi connectivity index (χ2n) is 1.94. The van der Waals surface area contributed by atoms with Gasteiger partial charge in [0.15, 0.2) is 6.20 Å². The molecule has 0 aliphatic carbocycles. The summed E-state index contributed by atoms with van der Waals surface area (Å²) in [6.07, 6.45) is 3.83. The molecule has 0 aliphatic rings. The number of aromatic nitrogens is 1. The first kappa shape index (κ1) is 9.18. The van der Waals surface area contributed by atoms with Gasteiger partial charge in [-0.05, 0) is 6.07 Å². The largest absolute Gasteiger partial charge is 1.00 e. The number of pyridine rings is 1. The lowest BCUT2D eigenvalue weighted by atomic mass is 10.3. The van der Waals surface area contributed by atoms with Gasteiger partial charge in [-0.15, -0.1) is 0 Å². The van der Waals surface area contributed by atoms with Crippen LogP contribution in [-0.2, 0) is 7.05 Å². The van der Waals surface area contributed by atoms with Gasteiger partial charge in [-0.2, -0.15) is 0 Å². The molecule has 0 saturated heterocycles. The molecule has 1 rings (SSSR count). The molecule has 0 radical (unpaired) electrons. The molecule has 10 heavy (non-hydrogen) atoms. The summed E-state index contributed by atoms with van der Waals surface area (Å²) >= 11 is 0. The highest BCUT2D eigenvalue weighted by molar-refractivity contribution is 5.36. The van der Waals surface area contributed by atoms with Crippen LogP contribution in [0.15, 0.2) is 31.0 Å². The van der Waals surface area contributed by atoms with Gasteiger partial charge in [0, 0.05) is 18.2 Å². The fraction of sp³-hybridized carbons (Fsp3) is 0.125. The summed E-state index contributed by atoms with van der Waals surface area (Å²) in [5.74, 6) is 0. The third kappa shape index (κ3) is 1.85. The summed E-state index contributed by atoms with van der Waals surface area (Å²) in [6, 6.07) is 6.01. The summed E-state index contributed by atoms with van der Waals surface area (Å²) in [5, 5.41) is 0. The Morgan fingerprint density at radius 2 is 2.20 bits per heavy atom. The number of halogens is 1. The summed E-state index contributed by atoms with van der Waals surface area (Å²) in [7, 11) is 2.00. The molecule has 0 fully saturated rings. The van der Waals surface area contributed by atoms with Crippen molar-refractivity contribution in [3.63, 3.8) is 0 Å². The summed E-state index contributed by atoms with van der Waals surface area (Å²) in [6.45, 7) is 3.67. The molecule has 1 aromatic heterocycles. The Bertz CT molecular complexity index is 220. The minimum atomic E-state index is 0. The van der Waals surface area contributed by atoms with Crippen molar-refractivity contribution in [2.75, 3.05) is 0 Å². The molecule has 2 heteroatoms. The molecule has 0 saturated carbocycles. The van der Waals surface area contributed by atoms with Crippen LogP contribution in [0.5, 0.6) is 0 Å². The minimum absolute atomic E-state index is 0. The van der Waals surface area contributed by atoms with Crippen LogP contribution in [0.1, 0.15) is 5.69 Å². The van der Waals surface area contributed by atoms with Gasteiger partial charge in [0.25, 0.3) is 0 Å². The predicted molar refractivity (Wildman–Crippen MR) is 37.7 cm³/mol. The number of nitrogens with zero attached hydrogens (tertiary/aromatic N) is 1. The zero-order chi connectivity index (χ0) is 6.69. The lowest BCUT2D eigenvalue weighted by Gasteiger charge is -1.88. The maximum atomic E-state index is 3.67. The van der Waals surface area contributed by atoms with E-state index in [9.17, 15) is 0 Å². The molecule has 0 aromatic carbocycles. The monoisotopic (exact) mass is 155 g/mol. The maximum absolute atomic E-state index is 3.67. The molecular weight excluding hydrogens is 146 g/mol. The van der Waals surface area contributed by atoms with Gasteiger partial charge in [-0.25, -0.2) is 4.57 Å². The van der Waals surface area contributed by atoms with Gasteiger partial charge in [-0.1, -0.05) is 6.58 Å². The molecule has 0 amide bonds. The lowest BCUT2D eigenvalue weighted by Crippen LogP contribution is -3.00. The highest BCUT2D eigenvalue weighted by Crippen LogP contribution is 1.89. The van der Waals surface area contributed by atoms with E-state index in [1.54, 1.807) is 0 Å². The normalized spacial score (nSPS) is 8.10. The average Bonchev–Trinajstić information content (AvgIpc) is 1.89. The maximum Gasteiger partial charge on any atom is 0.204 e. The van der Waals surface area contributed by atoms with Crippen LogP contribution < -0.4 is 17.0 Å². The van der Waals surface area contributed by atoms with Crippen molar-refractivity contribution in [2.45, 2.75) is 0 Å². The minimum Gasteiger partial charge on any atom is -1.00 e. The van der Waals surface area contributed by atoms with E-state index in [1.807, 2.05) is 42.1 Å². The van der Waals surface area contributed by atoms with E-state index in [2.05, 4.69) is 6.58 Å². The smallest absolute Gasteiger partial charge is 0.204 e. The molecule has 1 heterocycles. The van der Waals surface area contributed by atoms with Crippen molar-refractivity contribution in [3.05, 3.63) is 36.7 Å². The van der Waals surface area contributed by atoms with Crippen LogP contribution in [0.2, 0.25) is 0 Å². The third-order valence-electron chi connectivity index (χ3n) is 1.30. The van der Waals surface area contributed by atoms with Crippen LogP contribution in [0, 0.1) is 0 Å². The van der Waals surface area contributed by atoms with E-state index in [1.165, 1.54) is 0 Å². The van der Waals surface area contributed by atoms with Gasteiger partial charge >= 0.3 is 0 Å². The molecule has 0 atom stereocenters. The van der Waals surface area contributed by atoms with Gasteiger partial charge in [0.05, 0.1) is 0 Å². The number of hydrogen-bond donors (Lipinski definition) is 0. The van der Waals surface area contributed by atoms with Gasteiger partial charge in [0.2, 0.25) is 5.69 Å². The highest BCUT2D eigenvalue weighted by Gasteiger charge is 1.94. The van der Waals surface area contributed by atoms with Gasteiger partial charge < -0.3 is 12.4 Å². The molecular formula is C8H10ClN. The van der Waals surface area contributed by atoms with E-state index in [0.717, 1.165) is 5.69 Å². The lowest BCUT2D eigenvalue weighted by molar-refractivity contribution is -0.673. The molecule has 0 unspecified atom stereocenters. The van der Waals surface area contributed by atoms with Crippen molar-refractivity contribution in [1.82, 2.24) is 0 Å². The second-order valence-corrected chi connectivity index (χ2v) is 1.94. The van der Waals surface area contributed by atoms with E-state index < -0.39 is 0 Å². The molecule has 1 nitrogen and oxygen atoms in total. The molecule has 0 bridgehead atoms. The van der Waals surface area contributed by atoms with Crippen molar-refractivity contribution < 1.29 is 17.0 Å². The topological polar surface area (TPSA) is 3.88 Å². The fourth-order valence-corrected chi connectivity index (χ4v) is 0.749. The predicted octanol–water partition coefficient (Wildman–Crippen LogP) is -1.84. The van der Waals surface area contributed by atoms with E-state index >= 15 is 0 Å². The Morgan fingerprint density at radius 3 is 2.60 bits per heavy atom. The number of aryl methyl sites for hydroxylation is 1. The van der Waals surface area contributed by atoms with E-state index in [0.29, 0.717) is 0 Å². The summed E-state index contributed by atoms with van der Waals surface area (Å²) in [4.78, 5) is 0. The number of hydrogen-bond acceptors (Lipinski definition) is 0. The van der Waals surface area contributed by atoms with Gasteiger partial charge in [0.1, 0.15) is 7.05 Å². The van der Waals surface area contributed by atoms with Crippen molar-refractivity contribution in [2.24, 2.45) is 7.05 Å². The van der Waals surface area contributed by atoms with E-state index in [4.69, 9.17) is 0 Å². The highest BCUT2D eigenvalue weighted by atomic mass is 35.5. The first-order valence-corrected chi connectivity index (χ1v) is 2.91. The first-order chi connectivity index (χ1) is 4.34. The SMILES string of the molecule is C=Cc1cccc[n+]1C.[Cl-]. The summed E-state index contributed by atoms with van der Waals surface area (Å²) < 4.78 is 2.02. The standard InChI is InChI=1S/C8H10N.ClH/c1-3-8-6-4-5-7-9(8)2;/h3-7H,1H2,2H3;1H/q+1;/p-1. The average molecular weight is 156 g/mol. The van der Waals surface area contributed by atoms with Crippen molar-refractivity contribution in [1.29, 1.82) is 0 Å². The molecule has 0 spiro atoms. The fourth-order valence-electron chi connectivity index (χ4n) is 0.749. The Hall–Kier alpha value is -0.820. The quantitative estimate of drug-likeness (QED) is 0.420.